The monoisotopic (exact) mass is 1090 g/mol. The third-order valence-corrected chi connectivity index (χ3v) is 20.0. The van der Waals surface area contributed by atoms with Gasteiger partial charge in [-0.2, -0.15) is 0 Å². The highest BCUT2D eigenvalue weighted by Crippen LogP contribution is 2.36. The summed E-state index contributed by atoms with van der Waals surface area (Å²) in [6.07, 6.45) is 1.50. The molecule has 3 atom stereocenters. The van der Waals surface area contributed by atoms with Gasteiger partial charge in [-0.1, -0.05) is 91.0 Å². The van der Waals surface area contributed by atoms with Gasteiger partial charge in [0.15, 0.2) is 0 Å². The van der Waals surface area contributed by atoms with Crippen LogP contribution in [-0.4, -0.2) is 77.2 Å². The molecule has 0 saturated carbocycles. The van der Waals surface area contributed by atoms with Crippen molar-refractivity contribution in [1.82, 2.24) is 0 Å². The van der Waals surface area contributed by atoms with Gasteiger partial charge < -0.3 is 50.4 Å². The van der Waals surface area contributed by atoms with E-state index in [1.165, 1.54) is 36.4 Å². The van der Waals surface area contributed by atoms with Crippen molar-refractivity contribution in [3.8, 4) is 0 Å². The lowest BCUT2D eigenvalue weighted by molar-refractivity contribution is -0.119. The molecule has 0 unspecified atom stereocenters. The van der Waals surface area contributed by atoms with Crippen LogP contribution >= 0.6 is 0 Å². The maximum Gasteiger partial charge on any atom is 0.260 e. The molecule has 76 heavy (non-hydrogen) atoms. The van der Waals surface area contributed by atoms with Crippen molar-refractivity contribution in [3.05, 3.63) is 180 Å². The van der Waals surface area contributed by atoms with E-state index in [9.17, 15) is 39.6 Å². The first-order chi connectivity index (χ1) is 36.2. The van der Waals surface area contributed by atoms with E-state index in [1.807, 2.05) is 0 Å². The number of carbonyl (C=O) groups is 3. The zero-order valence-corrected chi connectivity index (χ0v) is 44.5. The molecule has 3 amide bonds. The van der Waals surface area contributed by atoms with Crippen LogP contribution in [-0.2, 0) is 43.9 Å². The van der Waals surface area contributed by atoms with Crippen LogP contribution in [0.15, 0.2) is 178 Å². The van der Waals surface area contributed by atoms with Crippen molar-refractivity contribution >= 4 is 64.3 Å². The van der Waals surface area contributed by atoms with E-state index in [1.54, 1.807) is 127 Å². The Hall–Kier alpha value is -6.66. The lowest BCUT2D eigenvalue weighted by Gasteiger charge is -2.28. The van der Waals surface area contributed by atoms with Gasteiger partial charge in [-0.3, -0.25) is 14.4 Å². The minimum Gasteiger partial charge on any atom is -0.330 e. The summed E-state index contributed by atoms with van der Waals surface area (Å²) in [5.41, 5.74) is 39.6. The molecule has 0 aliphatic rings. The molecule has 0 bridgehead atoms. The number of unbranched alkanes of at least 4 members (excludes halogenated alkanes) is 3. The van der Waals surface area contributed by atoms with Gasteiger partial charge in [0.1, 0.15) is 0 Å². The number of sulfone groups is 3. The Balaban J connectivity index is 1.34. The van der Waals surface area contributed by atoms with Gasteiger partial charge in [0.2, 0.25) is 44.1 Å². The maximum atomic E-state index is 14.0. The molecule has 15 N–H and O–H groups in total. The fourth-order valence-electron chi connectivity index (χ4n) is 8.70. The lowest BCUT2D eigenvalue weighted by atomic mass is 9.85. The summed E-state index contributed by atoms with van der Waals surface area (Å²) in [6, 6.07) is 42.4. The van der Waals surface area contributed by atoms with E-state index in [-0.39, 0.29) is 89.9 Å². The summed E-state index contributed by atoms with van der Waals surface area (Å²) < 4.78 is 83.9. The number of amides is 3. The summed E-state index contributed by atoms with van der Waals surface area (Å²) in [5.74, 6) is -3.43. The molecular formula is C55H67N9O9S3. The van der Waals surface area contributed by atoms with E-state index in [0.29, 0.717) is 36.0 Å². The number of carbonyl (C=O) groups excluding carboxylic acids is 3. The van der Waals surface area contributed by atoms with Crippen molar-refractivity contribution in [1.29, 1.82) is 0 Å². The fourth-order valence-corrected chi connectivity index (χ4v) is 13.6. The Labute approximate surface area is 445 Å². The quantitative estimate of drug-likeness (QED) is 0.0229. The molecule has 404 valence electrons. The normalized spacial score (nSPS) is 14.4. The standard InChI is InChI=1S/C55H67N9O9S3/c56-37-13-10-34-53(59,74(68,69)46-16-4-1-5-17-46)50(65)62-43-28-22-40(23-29-43)49(41-24-30-44(31-25-41)63-51(66)54(60,35-11-14-38-57)75(70,71)47-18-6-2-7-19-47)42-26-32-45(33-27-42)64-52(67)55(61,36-12-15-39-58)76(72,73)48-20-8-3-9-21-48/h1-9,16-33,49H,10-15,34-39,56-61H2,(H,62,65)(H,63,66)(H,64,67)/t53-,54-,55-/m0/s1. The number of nitrogens with two attached hydrogens (primary N) is 6. The van der Waals surface area contributed by atoms with E-state index < -0.39 is 67.8 Å². The smallest absolute Gasteiger partial charge is 0.260 e. The first-order valence-electron chi connectivity index (χ1n) is 24.8. The Kier molecular flexibility index (Phi) is 19.6. The number of nitrogens with one attached hydrogen (secondary N) is 3. The van der Waals surface area contributed by atoms with Crippen molar-refractivity contribution in [2.24, 2.45) is 34.4 Å². The van der Waals surface area contributed by atoms with Gasteiger partial charge >= 0.3 is 0 Å². The van der Waals surface area contributed by atoms with Crippen molar-refractivity contribution in [2.75, 3.05) is 35.6 Å². The summed E-state index contributed by atoms with van der Waals surface area (Å²) in [4.78, 5) is 34.7. The number of hydrogen-bond donors (Lipinski definition) is 9. The van der Waals surface area contributed by atoms with Gasteiger partial charge in [-0.05, 0) is 167 Å². The molecule has 6 aromatic rings. The van der Waals surface area contributed by atoms with Crippen LogP contribution in [0.3, 0.4) is 0 Å². The van der Waals surface area contributed by atoms with Crippen LogP contribution < -0.4 is 50.4 Å². The molecular weight excluding hydrogens is 1030 g/mol. The highest BCUT2D eigenvalue weighted by molar-refractivity contribution is 7.94. The predicted molar refractivity (Wildman–Crippen MR) is 297 cm³/mol. The molecule has 6 rings (SSSR count). The molecule has 0 aromatic heterocycles. The third kappa shape index (κ3) is 12.8. The second-order valence-corrected chi connectivity index (χ2v) is 25.1. The van der Waals surface area contributed by atoms with E-state index in [4.69, 9.17) is 34.4 Å². The van der Waals surface area contributed by atoms with Gasteiger partial charge in [-0.25, -0.2) is 25.3 Å². The Morgan fingerprint density at radius 2 is 0.579 bits per heavy atom. The number of anilines is 3. The van der Waals surface area contributed by atoms with Crippen LogP contribution in [0.1, 0.15) is 80.4 Å². The second kappa shape index (κ2) is 25.5. The molecule has 18 nitrogen and oxygen atoms in total. The number of benzene rings is 6. The summed E-state index contributed by atoms with van der Waals surface area (Å²) in [6.45, 7) is 0.811. The molecule has 0 aliphatic carbocycles. The fraction of sp³-hybridized carbons (Fsp3) is 0.291. The van der Waals surface area contributed by atoms with Crippen molar-refractivity contribution < 1.29 is 39.6 Å². The molecule has 0 heterocycles. The topological polar surface area (TPSA) is 346 Å². The first kappa shape index (κ1) is 58.6. The zero-order valence-electron chi connectivity index (χ0n) is 42.0. The van der Waals surface area contributed by atoms with Gasteiger partial charge in [0.25, 0.3) is 17.7 Å². The zero-order chi connectivity index (χ0) is 55.2. The van der Waals surface area contributed by atoms with Gasteiger partial charge in [0.05, 0.1) is 14.7 Å². The SMILES string of the molecule is NCCCC[C@@](N)(C(=O)Nc1ccc(C(c2ccc(NC(=O)[C@](N)(CCCCN)S(=O)(=O)c3ccccc3)cc2)c2ccc(NC(=O)[C@](N)(CCCCN)S(=O)(=O)c3ccccc3)cc2)cc1)S(=O)(=O)c1ccccc1. The molecule has 21 heteroatoms. The van der Waals surface area contributed by atoms with Gasteiger partial charge in [-0.15, -0.1) is 0 Å². The van der Waals surface area contributed by atoms with E-state index in [0.717, 1.165) is 0 Å². The number of hydrogen-bond acceptors (Lipinski definition) is 15. The Bertz CT molecular complexity index is 2900. The van der Waals surface area contributed by atoms with Gasteiger partial charge in [0, 0.05) is 23.0 Å². The summed E-state index contributed by atoms with van der Waals surface area (Å²) >= 11 is 0. The average Bonchev–Trinajstić information content (AvgIpc) is 3.45. The highest BCUT2D eigenvalue weighted by Gasteiger charge is 2.50. The molecule has 0 spiro atoms. The minimum absolute atomic E-state index is 0.112. The molecule has 0 radical (unpaired) electrons. The first-order valence-corrected chi connectivity index (χ1v) is 29.3. The van der Waals surface area contributed by atoms with Crippen molar-refractivity contribution in [2.45, 2.75) is 93.0 Å². The molecule has 0 aliphatic heterocycles. The molecule has 0 fully saturated rings. The Morgan fingerprint density at radius 3 is 0.789 bits per heavy atom. The third-order valence-electron chi connectivity index (χ3n) is 13.3. The predicted octanol–water partition coefficient (Wildman–Crippen LogP) is 5.46. The lowest BCUT2D eigenvalue weighted by Crippen LogP contribution is -2.57. The summed E-state index contributed by atoms with van der Waals surface area (Å²) in [5, 5.41) is 8.12. The van der Waals surface area contributed by atoms with Crippen LogP contribution in [0, 0.1) is 0 Å². The number of rotatable bonds is 27. The maximum absolute atomic E-state index is 14.0. The van der Waals surface area contributed by atoms with Crippen molar-refractivity contribution in [3.63, 3.8) is 0 Å². The van der Waals surface area contributed by atoms with E-state index >= 15 is 0 Å². The van der Waals surface area contributed by atoms with Crippen LogP contribution in [0.2, 0.25) is 0 Å². The van der Waals surface area contributed by atoms with Crippen LogP contribution in [0.4, 0.5) is 17.1 Å². The van der Waals surface area contributed by atoms with E-state index in [2.05, 4.69) is 16.0 Å². The minimum atomic E-state index is -4.39. The highest BCUT2D eigenvalue weighted by atomic mass is 32.2. The van der Waals surface area contributed by atoms with Crippen LogP contribution in [0.25, 0.3) is 0 Å². The van der Waals surface area contributed by atoms with Crippen LogP contribution in [0.5, 0.6) is 0 Å². The largest absolute Gasteiger partial charge is 0.330 e. The molecule has 0 saturated heterocycles. The average molecular weight is 1090 g/mol. The molecule has 6 aromatic carbocycles. The second-order valence-electron chi connectivity index (χ2n) is 18.5. The Morgan fingerprint density at radius 1 is 0.355 bits per heavy atom. The summed E-state index contributed by atoms with van der Waals surface area (Å²) in [7, 11) is -13.2.